The van der Waals surface area contributed by atoms with Crippen LogP contribution < -0.4 is 5.73 Å². The highest BCUT2D eigenvalue weighted by Crippen LogP contribution is 2.15. The van der Waals surface area contributed by atoms with Crippen LogP contribution in [0.15, 0.2) is 6.07 Å². The molecular weight excluding hydrogens is 212 g/mol. The van der Waals surface area contributed by atoms with Gasteiger partial charge in [-0.1, -0.05) is 0 Å². The van der Waals surface area contributed by atoms with Gasteiger partial charge in [0.1, 0.15) is 17.1 Å². The Morgan fingerprint density at radius 2 is 1.81 bits per heavy atom. The van der Waals surface area contributed by atoms with Crippen molar-refractivity contribution < 1.29 is 19.1 Å². The Morgan fingerprint density at radius 3 is 2.38 bits per heavy atom. The van der Waals surface area contributed by atoms with Crippen LogP contribution >= 0.6 is 0 Å². The van der Waals surface area contributed by atoms with Crippen LogP contribution in [0.2, 0.25) is 0 Å². The number of esters is 2. The molecule has 0 saturated heterocycles. The predicted octanol–water partition coefficient (Wildman–Crippen LogP) is 0.950. The maximum absolute atomic E-state index is 11.4. The summed E-state index contributed by atoms with van der Waals surface area (Å²) in [7, 11) is 0. The maximum Gasteiger partial charge on any atom is 0.354 e. The number of carbonyl (C=O) groups excluding carboxylic acids is 2. The second-order valence-electron chi connectivity index (χ2n) is 2.95. The molecule has 0 aliphatic heterocycles. The Labute approximate surface area is 92.7 Å². The Balaban J connectivity index is 2.89. The smallest absolute Gasteiger partial charge is 0.354 e. The lowest BCUT2D eigenvalue weighted by Crippen LogP contribution is -2.06. The number of H-pyrrole nitrogens is 1. The molecule has 0 bridgehead atoms. The fourth-order valence-corrected chi connectivity index (χ4v) is 1.17. The number of aromatic nitrogens is 1. The monoisotopic (exact) mass is 226 g/mol. The molecule has 1 rings (SSSR count). The highest BCUT2D eigenvalue weighted by atomic mass is 16.5. The third-order valence-corrected chi connectivity index (χ3v) is 1.84. The molecule has 88 valence electrons. The number of nitrogens with one attached hydrogen (secondary N) is 1. The average Bonchev–Trinajstić information content (AvgIpc) is 2.61. The zero-order valence-corrected chi connectivity index (χ0v) is 9.20. The zero-order chi connectivity index (χ0) is 12.1. The number of nitrogen functional groups attached to an aromatic ring is 1. The molecule has 0 unspecified atom stereocenters. The number of ether oxygens (including phenoxy) is 2. The van der Waals surface area contributed by atoms with E-state index in [1.807, 2.05) is 0 Å². The van der Waals surface area contributed by atoms with E-state index in [1.54, 1.807) is 13.8 Å². The van der Waals surface area contributed by atoms with Crippen LogP contribution in [0.1, 0.15) is 34.7 Å². The number of aromatic amines is 1. The predicted molar refractivity (Wildman–Crippen MR) is 57.1 cm³/mol. The van der Waals surface area contributed by atoms with E-state index in [1.165, 1.54) is 6.07 Å². The number of nitrogens with two attached hydrogens (primary N) is 1. The van der Waals surface area contributed by atoms with Crippen molar-refractivity contribution in [3.8, 4) is 0 Å². The van der Waals surface area contributed by atoms with Gasteiger partial charge >= 0.3 is 11.9 Å². The van der Waals surface area contributed by atoms with Crippen molar-refractivity contribution in [2.24, 2.45) is 0 Å². The Morgan fingerprint density at radius 1 is 1.25 bits per heavy atom. The van der Waals surface area contributed by atoms with Gasteiger partial charge in [-0.2, -0.15) is 0 Å². The summed E-state index contributed by atoms with van der Waals surface area (Å²) in [6, 6.07) is 1.32. The van der Waals surface area contributed by atoms with Gasteiger partial charge in [0, 0.05) is 0 Å². The molecule has 0 aromatic carbocycles. The van der Waals surface area contributed by atoms with Gasteiger partial charge in [0.2, 0.25) is 0 Å². The van der Waals surface area contributed by atoms with Crippen molar-refractivity contribution >= 4 is 17.8 Å². The van der Waals surface area contributed by atoms with Gasteiger partial charge in [-0.15, -0.1) is 0 Å². The van der Waals surface area contributed by atoms with Gasteiger partial charge in [-0.05, 0) is 19.9 Å². The molecule has 0 aliphatic rings. The first-order chi connectivity index (χ1) is 7.60. The average molecular weight is 226 g/mol. The van der Waals surface area contributed by atoms with Gasteiger partial charge < -0.3 is 20.2 Å². The lowest BCUT2D eigenvalue weighted by atomic mass is 10.3. The second-order valence-corrected chi connectivity index (χ2v) is 2.95. The lowest BCUT2D eigenvalue weighted by molar-refractivity contribution is 0.0519. The summed E-state index contributed by atoms with van der Waals surface area (Å²) >= 11 is 0. The molecule has 6 heteroatoms. The van der Waals surface area contributed by atoms with E-state index in [0.29, 0.717) is 0 Å². The summed E-state index contributed by atoms with van der Waals surface area (Å²) in [4.78, 5) is 25.3. The van der Waals surface area contributed by atoms with Crippen molar-refractivity contribution in [2.75, 3.05) is 18.9 Å². The molecule has 0 fully saturated rings. The van der Waals surface area contributed by atoms with Crippen LogP contribution in [-0.2, 0) is 9.47 Å². The molecule has 0 spiro atoms. The van der Waals surface area contributed by atoms with E-state index in [9.17, 15) is 9.59 Å². The van der Waals surface area contributed by atoms with Crippen LogP contribution in [0.3, 0.4) is 0 Å². The van der Waals surface area contributed by atoms with Crippen LogP contribution in [0.4, 0.5) is 5.82 Å². The largest absolute Gasteiger partial charge is 0.462 e. The molecule has 0 atom stereocenters. The third-order valence-electron chi connectivity index (χ3n) is 1.84. The SMILES string of the molecule is CCOC(=O)c1cc(C(=O)OCC)c(N)[nH]1. The molecule has 0 saturated carbocycles. The Bertz CT molecular complexity index is 398. The Kier molecular flexibility index (Phi) is 3.93. The normalized spacial score (nSPS) is 9.88. The molecular formula is C10H14N2O4. The van der Waals surface area contributed by atoms with Crippen molar-refractivity contribution in [3.63, 3.8) is 0 Å². The molecule has 0 aliphatic carbocycles. The van der Waals surface area contributed by atoms with E-state index in [4.69, 9.17) is 15.2 Å². The molecule has 6 nitrogen and oxygen atoms in total. The van der Waals surface area contributed by atoms with Gasteiger partial charge in [-0.3, -0.25) is 0 Å². The van der Waals surface area contributed by atoms with Crippen molar-refractivity contribution in [2.45, 2.75) is 13.8 Å². The summed E-state index contributed by atoms with van der Waals surface area (Å²) in [6.07, 6.45) is 0. The topological polar surface area (TPSA) is 94.4 Å². The van der Waals surface area contributed by atoms with Crippen LogP contribution in [-0.4, -0.2) is 30.1 Å². The van der Waals surface area contributed by atoms with E-state index in [0.717, 1.165) is 0 Å². The second kappa shape index (κ2) is 5.20. The minimum absolute atomic E-state index is 0.0986. The van der Waals surface area contributed by atoms with Crippen LogP contribution in [0.5, 0.6) is 0 Å². The molecule has 16 heavy (non-hydrogen) atoms. The Hall–Kier alpha value is -1.98. The van der Waals surface area contributed by atoms with E-state index in [-0.39, 0.29) is 30.3 Å². The van der Waals surface area contributed by atoms with Gasteiger partial charge in [0.25, 0.3) is 0 Å². The quantitative estimate of drug-likeness (QED) is 0.745. The van der Waals surface area contributed by atoms with Crippen LogP contribution in [0, 0.1) is 0 Å². The van der Waals surface area contributed by atoms with Crippen molar-refractivity contribution in [1.29, 1.82) is 0 Å². The summed E-state index contributed by atoms with van der Waals surface area (Å²) in [5.41, 5.74) is 5.83. The summed E-state index contributed by atoms with van der Waals surface area (Å²) < 4.78 is 9.53. The highest BCUT2D eigenvalue weighted by Gasteiger charge is 2.18. The minimum Gasteiger partial charge on any atom is -0.462 e. The van der Waals surface area contributed by atoms with Crippen molar-refractivity contribution in [3.05, 3.63) is 17.3 Å². The molecule has 0 amide bonds. The zero-order valence-electron chi connectivity index (χ0n) is 9.20. The van der Waals surface area contributed by atoms with Gasteiger partial charge in [-0.25, -0.2) is 9.59 Å². The first-order valence-electron chi connectivity index (χ1n) is 4.92. The first kappa shape index (κ1) is 12.1. The van der Waals surface area contributed by atoms with Gasteiger partial charge in [0.15, 0.2) is 0 Å². The summed E-state index contributed by atoms with van der Waals surface area (Å²) in [5, 5.41) is 0. The number of hydrogen-bond acceptors (Lipinski definition) is 5. The van der Waals surface area contributed by atoms with Crippen molar-refractivity contribution in [1.82, 2.24) is 4.98 Å². The van der Waals surface area contributed by atoms with E-state index >= 15 is 0 Å². The molecule has 0 radical (unpaired) electrons. The standard InChI is InChI=1S/C10H14N2O4/c1-3-15-9(13)6-5-7(12-8(6)11)10(14)16-4-2/h5,12H,3-4,11H2,1-2H3. The number of hydrogen-bond donors (Lipinski definition) is 2. The number of carbonyl (C=O) groups is 2. The minimum atomic E-state index is -0.563. The van der Waals surface area contributed by atoms with E-state index < -0.39 is 11.9 Å². The van der Waals surface area contributed by atoms with E-state index in [2.05, 4.69) is 4.98 Å². The third kappa shape index (κ3) is 2.53. The van der Waals surface area contributed by atoms with Crippen LogP contribution in [0.25, 0.3) is 0 Å². The fourth-order valence-electron chi connectivity index (χ4n) is 1.17. The number of anilines is 1. The highest BCUT2D eigenvalue weighted by molar-refractivity contribution is 5.98. The first-order valence-corrected chi connectivity index (χ1v) is 4.92. The molecule has 1 heterocycles. The number of rotatable bonds is 4. The summed E-state index contributed by atoms with van der Waals surface area (Å²) in [6.45, 7) is 3.88. The van der Waals surface area contributed by atoms with Gasteiger partial charge in [0.05, 0.1) is 13.2 Å². The summed E-state index contributed by atoms with van der Waals surface area (Å²) in [5.74, 6) is -1.02. The fraction of sp³-hybridized carbons (Fsp3) is 0.400. The molecule has 1 aromatic rings. The molecule has 1 aromatic heterocycles. The molecule has 3 N–H and O–H groups in total. The maximum atomic E-state index is 11.4. The lowest BCUT2D eigenvalue weighted by Gasteiger charge is -1.98.